The Hall–Kier alpha value is -3.44. The highest BCUT2D eigenvalue weighted by Crippen LogP contribution is 2.66. The molecule has 4 heterocycles. The molecule has 3 aliphatic rings. The summed E-state index contributed by atoms with van der Waals surface area (Å²) in [5.74, 6) is -1.73. The summed E-state index contributed by atoms with van der Waals surface area (Å²) in [5.41, 5.74) is 2.21. The Balaban J connectivity index is 1.27. The fraction of sp³-hybridized carbons (Fsp3) is 0.423. The smallest absolute Gasteiger partial charge is 0.245 e. The van der Waals surface area contributed by atoms with Crippen LogP contribution in [-0.2, 0) is 21.1 Å². The van der Waals surface area contributed by atoms with E-state index in [0.717, 1.165) is 17.5 Å². The van der Waals surface area contributed by atoms with Gasteiger partial charge in [-0.1, -0.05) is 35.5 Å². The van der Waals surface area contributed by atoms with E-state index in [1.165, 1.54) is 0 Å². The lowest BCUT2D eigenvalue weighted by molar-refractivity contribution is -0.139. The Labute approximate surface area is 217 Å². The lowest BCUT2D eigenvalue weighted by atomic mass is 9.70. The molecule has 3 fully saturated rings. The zero-order chi connectivity index (χ0) is 25.6. The maximum absolute atomic E-state index is 13.8. The molecule has 10 nitrogen and oxygen atoms in total. The minimum Gasteiger partial charge on any atom is -0.396 e. The molecule has 1 spiro atoms. The van der Waals surface area contributed by atoms with E-state index in [1.54, 1.807) is 21.3 Å². The van der Waals surface area contributed by atoms with Gasteiger partial charge in [0.25, 0.3) is 0 Å². The van der Waals surface area contributed by atoms with Crippen LogP contribution in [0.25, 0.3) is 11.0 Å². The highest BCUT2D eigenvalue weighted by Gasteiger charge is 2.73. The highest BCUT2D eigenvalue weighted by molar-refractivity contribution is 8.02. The fourth-order valence-corrected chi connectivity index (χ4v) is 8.49. The van der Waals surface area contributed by atoms with E-state index < -0.39 is 22.6 Å². The number of fused-ring (bicyclic) bond motifs is 2. The Morgan fingerprint density at radius 3 is 2.70 bits per heavy atom. The van der Waals surface area contributed by atoms with Gasteiger partial charge < -0.3 is 20.6 Å². The Bertz CT molecular complexity index is 1350. The van der Waals surface area contributed by atoms with E-state index in [0.29, 0.717) is 18.5 Å². The molecule has 3 amide bonds. The third-order valence-electron chi connectivity index (χ3n) is 7.77. The first-order valence-electron chi connectivity index (χ1n) is 12.5. The average molecular weight is 521 g/mol. The molecule has 0 saturated carbocycles. The van der Waals surface area contributed by atoms with Crippen molar-refractivity contribution in [3.05, 3.63) is 54.6 Å². The number of carbonyl (C=O) groups excluding carboxylic acids is 3. The molecular weight excluding hydrogens is 492 g/mol. The Morgan fingerprint density at radius 2 is 1.89 bits per heavy atom. The van der Waals surface area contributed by atoms with Crippen molar-refractivity contribution in [3.8, 4) is 0 Å². The molecule has 37 heavy (non-hydrogen) atoms. The minimum absolute atomic E-state index is 0.0211. The number of rotatable bonds is 8. The van der Waals surface area contributed by atoms with Crippen molar-refractivity contribution in [2.45, 2.75) is 42.0 Å². The second kappa shape index (κ2) is 9.46. The molecule has 0 radical (unpaired) electrons. The SMILES string of the molecule is O=C(NCn1nnc2ccccc21)C1N(CCCO)C(=O)[C@@H]2[C@H](C(=O)Nc3ccccc3)[C@@H]3CCC12S3. The number of thioether (sulfide) groups is 1. The summed E-state index contributed by atoms with van der Waals surface area (Å²) < 4.78 is 0.941. The standard InChI is InChI=1S/C26H28N6O4S/c33-14-6-13-31-22(24(35)27-15-32-18-10-5-4-9-17(18)29-30-32)26-12-11-19(37-26)20(21(26)25(31)36)23(34)28-16-7-2-1-3-8-16/h1-5,7-10,19-22,33H,6,11-15H2,(H,27,35)(H,28,34)/t19-,20+,21-,22?,26?/m0/s1. The van der Waals surface area contributed by atoms with Crippen molar-refractivity contribution in [1.82, 2.24) is 25.2 Å². The van der Waals surface area contributed by atoms with Crippen molar-refractivity contribution in [2.24, 2.45) is 11.8 Å². The van der Waals surface area contributed by atoms with Gasteiger partial charge in [-0.3, -0.25) is 14.4 Å². The van der Waals surface area contributed by atoms with Crippen molar-refractivity contribution in [3.63, 3.8) is 0 Å². The molecule has 3 aromatic rings. The summed E-state index contributed by atoms with van der Waals surface area (Å²) in [5, 5.41) is 23.7. The number of likely N-dealkylation sites (tertiary alicyclic amines) is 1. The van der Waals surface area contributed by atoms with Gasteiger partial charge in [-0.25, -0.2) is 4.68 Å². The summed E-state index contributed by atoms with van der Waals surface area (Å²) in [4.78, 5) is 42.6. The van der Waals surface area contributed by atoms with E-state index >= 15 is 0 Å². The summed E-state index contributed by atoms with van der Waals surface area (Å²) >= 11 is 1.62. The predicted molar refractivity (Wildman–Crippen MR) is 138 cm³/mol. The average Bonchev–Trinajstić information content (AvgIpc) is 3.66. The van der Waals surface area contributed by atoms with Crippen molar-refractivity contribution in [2.75, 3.05) is 18.5 Å². The molecule has 3 saturated heterocycles. The largest absolute Gasteiger partial charge is 0.396 e. The lowest BCUT2D eigenvalue weighted by Crippen LogP contribution is -2.54. The molecular formula is C26H28N6O4S. The van der Waals surface area contributed by atoms with E-state index in [-0.39, 0.29) is 42.8 Å². The van der Waals surface area contributed by atoms with Crippen LogP contribution in [0, 0.1) is 11.8 Å². The first-order chi connectivity index (χ1) is 18.0. The zero-order valence-corrected chi connectivity index (χ0v) is 20.9. The quantitative estimate of drug-likeness (QED) is 0.412. The number of hydrogen-bond donors (Lipinski definition) is 3. The molecule has 2 aromatic carbocycles. The topological polar surface area (TPSA) is 129 Å². The van der Waals surface area contributed by atoms with Crippen LogP contribution in [-0.4, -0.2) is 71.9 Å². The molecule has 1 aromatic heterocycles. The molecule has 5 atom stereocenters. The van der Waals surface area contributed by atoms with E-state index in [1.807, 2.05) is 54.6 Å². The van der Waals surface area contributed by atoms with Crippen molar-refractivity contribution < 1.29 is 19.5 Å². The van der Waals surface area contributed by atoms with E-state index in [9.17, 15) is 19.5 Å². The lowest BCUT2D eigenvalue weighted by Gasteiger charge is -2.34. The number of benzene rings is 2. The van der Waals surface area contributed by atoms with Crippen LogP contribution in [0.1, 0.15) is 19.3 Å². The predicted octanol–water partition coefficient (Wildman–Crippen LogP) is 1.62. The summed E-state index contributed by atoms with van der Waals surface area (Å²) in [6.45, 7) is 0.287. The Morgan fingerprint density at radius 1 is 1.11 bits per heavy atom. The molecule has 6 rings (SSSR count). The van der Waals surface area contributed by atoms with Crippen LogP contribution < -0.4 is 10.6 Å². The molecule has 192 valence electrons. The number of aliphatic hydroxyl groups is 1. The van der Waals surface area contributed by atoms with Crippen LogP contribution in [0.4, 0.5) is 5.69 Å². The third kappa shape index (κ3) is 3.88. The number of amides is 3. The van der Waals surface area contributed by atoms with Gasteiger partial charge in [-0.2, -0.15) is 0 Å². The van der Waals surface area contributed by atoms with Crippen molar-refractivity contribution in [1.29, 1.82) is 0 Å². The molecule has 3 N–H and O–H groups in total. The molecule has 11 heteroatoms. The number of aromatic nitrogens is 3. The molecule has 0 aliphatic carbocycles. The number of nitrogens with zero attached hydrogens (tertiary/aromatic N) is 4. The highest BCUT2D eigenvalue weighted by atomic mass is 32.2. The van der Waals surface area contributed by atoms with Crippen LogP contribution in [0.3, 0.4) is 0 Å². The number of anilines is 1. The molecule has 2 unspecified atom stereocenters. The molecule has 2 bridgehead atoms. The van der Waals surface area contributed by atoms with Gasteiger partial charge in [0, 0.05) is 24.1 Å². The monoisotopic (exact) mass is 520 g/mol. The van der Waals surface area contributed by atoms with Gasteiger partial charge in [-0.15, -0.1) is 16.9 Å². The van der Waals surface area contributed by atoms with Crippen LogP contribution in [0.15, 0.2) is 54.6 Å². The van der Waals surface area contributed by atoms with Gasteiger partial charge in [0.05, 0.1) is 22.1 Å². The molecule has 3 aliphatic heterocycles. The van der Waals surface area contributed by atoms with E-state index in [2.05, 4.69) is 20.9 Å². The first-order valence-corrected chi connectivity index (χ1v) is 13.4. The summed E-state index contributed by atoms with van der Waals surface area (Å²) in [6, 6.07) is 16.0. The van der Waals surface area contributed by atoms with Gasteiger partial charge in [0.15, 0.2) is 0 Å². The second-order valence-electron chi connectivity index (χ2n) is 9.80. The van der Waals surface area contributed by atoms with Crippen LogP contribution >= 0.6 is 11.8 Å². The maximum Gasteiger partial charge on any atom is 0.245 e. The van der Waals surface area contributed by atoms with Crippen molar-refractivity contribution >= 4 is 46.2 Å². The van der Waals surface area contributed by atoms with Crippen LogP contribution in [0.5, 0.6) is 0 Å². The first kappa shape index (κ1) is 23.9. The fourth-order valence-electron chi connectivity index (χ4n) is 6.27. The maximum atomic E-state index is 13.8. The second-order valence-corrected chi connectivity index (χ2v) is 11.4. The van der Waals surface area contributed by atoms with Crippen LogP contribution in [0.2, 0.25) is 0 Å². The number of nitrogens with one attached hydrogen (secondary N) is 2. The Kier molecular flexibility index (Phi) is 6.12. The normalized spacial score (nSPS) is 28.0. The third-order valence-corrected chi connectivity index (χ3v) is 9.72. The van der Waals surface area contributed by atoms with Gasteiger partial charge in [0.2, 0.25) is 17.7 Å². The number of aliphatic hydroxyl groups excluding tert-OH is 1. The van der Waals surface area contributed by atoms with Gasteiger partial charge in [0.1, 0.15) is 18.2 Å². The van der Waals surface area contributed by atoms with E-state index in [4.69, 9.17) is 0 Å². The van der Waals surface area contributed by atoms with Gasteiger partial charge in [-0.05, 0) is 43.5 Å². The minimum atomic E-state index is -0.726. The number of para-hydroxylation sites is 2. The number of carbonyl (C=O) groups is 3. The number of hydrogen-bond acceptors (Lipinski definition) is 7. The summed E-state index contributed by atoms with van der Waals surface area (Å²) in [6.07, 6.45) is 1.82. The van der Waals surface area contributed by atoms with Gasteiger partial charge >= 0.3 is 0 Å². The summed E-state index contributed by atoms with van der Waals surface area (Å²) in [7, 11) is 0. The zero-order valence-electron chi connectivity index (χ0n) is 20.1.